The van der Waals surface area contributed by atoms with Crippen molar-refractivity contribution in [3.05, 3.63) is 24.8 Å². The molecule has 0 spiro atoms. The van der Waals surface area contributed by atoms with E-state index >= 15 is 0 Å². The zero-order valence-corrected chi connectivity index (χ0v) is 14.9. The number of carbonyl (C=O) groups is 2. The maximum Gasteiger partial charge on any atom is 0.327 e. The number of hydrogen-bond acceptors (Lipinski definition) is 2. The molecule has 0 saturated heterocycles. The molecule has 0 rings (SSSR count). The monoisotopic (exact) mass is 338 g/mol. The van der Waals surface area contributed by atoms with Crippen LogP contribution in [0.1, 0.15) is 83.5 Å². The van der Waals surface area contributed by atoms with E-state index in [1.807, 2.05) is 0 Å². The van der Waals surface area contributed by atoms with Crippen LogP contribution in [-0.2, 0) is 9.59 Å². The minimum absolute atomic E-state index is 0.299. The number of aliphatic carboxylic acids is 2. The van der Waals surface area contributed by atoms with Crippen LogP contribution in [0.3, 0.4) is 0 Å². The molecule has 0 aromatic rings. The number of allylic oxidation sites excluding steroid dienone is 2. The minimum Gasteiger partial charge on any atom is -0.481 e. The lowest BCUT2D eigenvalue weighted by atomic mass is 9.94. The van der Waals surface area contributed by atoms with Crippen LogP contribution in [0.5, 0.6) is 0 Å². The molecule has 0 saturated carbocycles. The van der Waals surface area contributed by atoms with Gasteiger partial charge in [0.15, 0.2) is 0 Å². The van der Waals surface area contributed by atoms with E-state index in [0.717, 1.165) is 44.9 Å². The molecule has 138 valence electrons. The summed E-state index contributed by atoms with van der Waals surface area (Å²) in [5.41, 5.74) is 0. The molecule has 1 unspecified atom stereocenters. The quantitative estimate of drug-likeness (QED) is 0.206. The van der Waals surface area contributed by atoms with Gasteiger partial charge in [0.1, 0.15) is 0 Å². The highest BCUT2D eigenvalue weighted by atomic mass is 16.4. The van der Waals surface area contributed by atoms with E-state index in [2.05, 4.69) is 12.7 Å². The van der Waals surface area contributed by atoms with Crippen LogP contribution in [0.2, 0.25) is 0 Å². The Balaban J connectivity index is 3.44. The summed E-state index contributed by atoms with van der Waals surface area (Å²) in [6, 6.07) is 0. The molecule has 0 aliphatic heterocycles. The maximum absolute atomic E-state index is 10.4. The molecule has 2 N–H and O–H groups in total. The van der Waals surface area contributed by atoms with Gasteiger partial charge in [-0.25, -0.2) is 4.79 Å². The normalized spacial score (nSPS) is 12.3. The molecule has 0 radical (unpaired) electrons. The molecular formula is C20H34O4. The molecule has 0 aromatic heterocycles. The molecule has 0 amide bonds. The minimum atomic E-state index is -0.874. The molecule has 0 fully saturated rings. The highest BCUT2D eigenvalue weighted by Gasteiger charge is 2.04. The number of carboxylic acids is 2. The lowest BCUT2D eigenvalue weighted by Crippen LogP contribution is -1.97. The smallest absolute Gasteiger partial charge is 0.327 e. The Hall–Kier alpha value is -1.58. The van der Waals surface area contributed by atoms with Gasteiger partial charge in [0.05, 0.1) is 0 Å². The first-order chi connectivity index (χ1) is 11.6. The highest BCUT2D eigenvalue weighted by molar-refractivity contribution is 5.79. The summed E-state index contributed by atoms with van der Waals surface area (Å²) in [6.45, 7) is 3.92. The third kappa shape index (κ3) is 16.8. The Labute approximate surface area is 146 Å². The van der Waals surface area contributed by atoms with Crippen molar-refractivity contribution >= 4 is 11.9 Å². The third-order valence-electron chi connectivity index (χ3n) is 4.26. The number of unbranched alkanes of at least 4 members (excludes halogenated alkanes) is 8. The zero-order chi connectivity index (χ0) is 18.0. The Bertz CT molecular complexity index is 374. The van der Waals surface area contributed by atoms with Crippen LogP contribution in [0, 0.1) is 5.92 Å². The van der Waals surface area contributed by atoms with E-state index in [-0.39, 0.29) is 0 Å². The van der Waals surface area contributed by atoms with Gasteiger partial charge in [-0.05, 0) is 38.0 Å². The first kappa shape index (κ1) is 22.4. The maximum atomic E-state index is 10.4. The molecule has 0 heterocycles. The van der Waals surface area contributed by atoms with Gasteiger partial charge in [0, 0.05) is 12.5 Å². The molecule has 0 bridgehead atoms. The fourth-order valence-electron chi connectivity index (χ4n) is 2.80. The van der Waals surface area contributed by atoms with E-state index in [0.29, 0.717) is 12.3 Å². The topological polar surface area (TPSA) is 74.6 Å². The van der Waals surface area contributed by atoms with Crippen LogP contribution >= 0.6 is 0 Å². The van der Waals surface area contributed by atoms with Gasteiger partial charge in [-0.15, -0.1) is 6.58 Å². The summed E-state index contributed by atoms with van der Waals surface area (Å²) in [4.78, 5) is 20.7. The summed E-state index contributed by atoms with van der Waals surface area (Å²) < 4.78 is 0. The van der Waals surface area contributed by atoms with Gasteiger partial charge < -0.3 is 10.2 Å². The van der Waals surface area contributed by atoms with Crippen molar-refractivity contribution in [2.45, 2.75) is 83.5 Å². The first-order valence-electron chi connectivity index (χ1n) is 9.30. The second-order valence-corrected chi connectivity index (χ2v) is 6.43. The lowest BCUT2D eigenvalue weighted by Gasteiger charge is -2.11. The van der Waals surface area contributed by atoms with Crippen molar-refractivity contribution in [1.29, 1.82) is 0 Å². The van der Waals surface area contributed by atoms with Gasteiger partial charge in [-0.2, -0.15) is 0 Å². The van der Waals surface area contributed by atoms with Gasteiger partial charge in [0.25, 0.3) is 0 Å². The van der Waals surface area contributed by atoms with Crippen LogP contribution in [0.15, 0.2) is 24.8 Å². The number of hydrogen-bond donors (Lipinski definition) is 2. The van der Waals surface area contributed by atoms with Crippen molar-refractivity contribution in [2.24, 2.45) is 5.92 Å². The Morgan fingerprint density at radius 1 is 0.833 bits per heavy atom. The van der Waals surface area contributed by atoms with E-state index in [1.165, 1.54) is 38.2 Å². The van der Waals surface area contributed by atoms with Gasteiger partial charge in [0.2, 0.25) is 0 Å². The van der Waals surface area contributed by atoms with Crippen molar-refractivity contribution < 1.29 is 19.8 Å². The zero-order valence-electron chi connectivity index (χ0n) is 14.9. The molecule has 0 aromatic carbocycles. The second-order valence-electron chi connectivity index (χ2n) is 6.43. The summed E-state index contributed by atoms with van der Waals surface area (Å²) in [5, 5.41) is 17.0. The highest BCUT2D eigenvalue weighted by Crippen LogP contribution is 2.19. The fourth-order valence-corrected chi connectivity index (χ4v) is 2.80. The van der Waals surface area contributed by atoms with Crippen LogP contribution in [-0.4, -0.2) is 22.2 Å². The fraction of sp³-hybridized carbons (Fsp3) is 0.700. The van der Waals surface area contributed by atoms with E-state index in [1.54, 1.807) is 6.08 Å². The van der Waals surface area contributed by atoms with Crippen LogP contribution in [0.4, 0.5) is 0 Å². The summed E-state index contributed by atoms with van der Waals surface area (Å²) in [5.74, 6) is -0.992. The predicted octanol–water partition coefficient (Wildman–Crippen LogP) is 5.59. The van der Waals surface area contributed by atoms with E-state index in [4.69, 9.17) is 10.2 Å². The van der Waals surface area contributed by atoms with E-state index in [9.17, 15) is 9.59 Å². The van der Waals surface area contributed by atoms with E-state index < -0.39 is 11.9 Å². The Kier molecular flexibility index (Phi) is 15.2. The van der Waals surface area contributed by atoms with Crippen molar-refractivity contribution in [1.82, 2.24) is 0 Å². The average Bonchev–Trinajstić information content (AvgIpc) is 2.53. The molecule has 1 atom stereocenters. The number of rotatable bonds is 17. The molecule has 0 aliphatic carbocycles. The predicted molar refractivity (Wildman–Crippen MR) is 98.1 cm³/mol. The molecule has 4 nitrogen and oxygen atoms in total. The average molecular weight is 338 g/mol. The second kappa shape index (κ2) is 16.3. The molecule has 24 heavy (non-hydrogen) atoms. The summed E-state index contributed by atoms with van der Waals surface area (Å²) >= 11 is 0. The molecule has 0 aliphatic rings. The molecule has 4 heteroatoms. The Morgan fingerprint density at radius 2 is 1.38 bits per heavy atom. The lowest BCUT2D eigenvalue weighted by molar-refractivity contribution is -0.137. The van der Waals surface area contributed by atoms with Gasteiger partial charge in [-0.1, -0.05) is 57.1 Å². The van der Waals surface area contributed by atoms with Crippen molar-refractivity contribution in [3.8, 4) is 0 Å². The van der Waals surface area contributed by atoms with Crippen molar-refractivity contribution in [3.63, 3.8) is 0 Å². The summed E-state index contributed by atoms with van der Waals surface area (Å²) in [7, 11) is 0. The largest absolute Gasteiger partial charge is 0.481 e. The summed E-state index contributed by atoms with van der Waals surface area (Å²) in [6.07, 6.45) is 18.5. The number of carboxylic acid groups (broad SMARTS) is 2. The standard InChI is InChI=1S/C20H34O4/c1-2-18(15-11-8-9-13-17-20(23)24)14-10-6-4-3-5-7-12-16-19(21)22/h2,13,17-18H,1,3-12,14-16H2,(H,21,22)(H,23,24)/b17-13+. The van der Waals surface area contributed by atoms with Gasteiger partial charge in [-0.3, -0.25) is 4.79 Å². The van der Waals surface area contributed by atoms with Crippen molar-refractivity contribution in [2.75, 3.05) is 0 Å². The van der Waals surface area contributed by atoms with Gasteiger partial charge >= 0.3 is 11.9 Å². The molecular weight excluding hydrogens is 304 g/mol. The SMILES string of the molecule is C=CC(CCCC/C=C/C(=O)O)CCCCCCCCCC(=O)O. The van der Waals surface area contributed by atoms with Crippen LogP contribution in [0.25, 0.3) is 0 Å². The Morgan fingerprint density at radius 3 is 1.92 bits per heavy atom. The first-order valence-corrected chi connectivity index (χ1v) is 9.30. The third-order valence-corrected chi connectivity index (χ3v) is 4.26. The van der Waals surface area contributed by atoms with Crippen LogP contribution < -0.4 is 0 Å².